The predicted octanol–water partition coefficient (Wildman–Crippen LogP) is 6.02. The lowest BCUT2D eigenvalue weighted by Gasteiger charge is -2.26. The summed E-state index contributed by atoms with van der Waals surface area (Å²) in [5.74, 6) is 0.588. The number of hydrogen-bond acceptors (Lipinski definition) is 4. The maximum atomic E-state index is 13.0. The van der Waals surface area contributed by atoms with Crippen molar-refractivity contribution in [1.29, 1.82) is 0 Å². The van der Waals surface area contributed by atoms with Gasteiger partial charge in [-0.15, -0.1) is 11.3 Å². The molecule has 2 aliphatic carbocycles. The SMILES string of the molecule is O=C(C1CCCCC1)N1CCc2cc(-c3csc(NC4CCCCC4)n3)ccc21. The van der Waals surface area contributed by atoms with Gasteiger partial charge in [0.05, 0.1) is 5.69 Å². The number of fused-ring (bicyclic) bond motifs is 1. The lowest BCUT2D eigenvalue weighted by molar-refractivity contribution is -0.123. The third-order valence-electron chi connectivity index (χ3n) is 6.93. The minimum atomic E-state index is 0.237. The molecule has 1 aliphatic heterocycles. The van der Waals surface area contributed by atoms with Gasteiger partial charge in [0, 0.05) is 35.1 Å². The third kappa shape index (κ3) is 4.07. The lowest BCUT2D eigenvalue weighted by atomic mass is 9.88. The third-order valence-corrected chi connectivity index (χ3v) is 7.70. The van der Waals surface area contributed by atoms with Crippen molar-refractivity contribution in [2.75, 3.05) is 16.8 Å². The van der Waals surface area contributed by atoms with Crippen LogP contribution in [-0.2, 0) is 11.2 Å². The number of benzene rings is 1. The Morgan fingerprint density at radius 2 is 1.79 bits per heavy atom. The normalized spacial score (nSPS) is 20.6. The van der Waals surface area contributed by atoms with E-state index >= 15 is 0 Å². The maximum absolute atomic E-state index is 13.0. The molecule has 4 nitrogen and oxygen atoms in total. The van der Waals surface area contributed by atoms with Gasteiger partial charge in [-0.3, -0.25) is 4.79 Å². The quantitative estimate of drug-likeness (QED) is 0.671. The highest BCUT2D eigenvalue weighted by atomic mass is 32.1. The molecule has 0 radical (unpaired) electrons. The fourth-order valence-corrected chi connectivity index (χ4v) is 6.05. The molecule has 2 fully saturated rings. The topological polar surface area (TPSA) is 45.2 Å². The standard InChI is InChI=1S/C24H31N3OS/c28-23(17-7-3-1-4-8-17)27-14-13-19-15-18(11-12-22(19)27)21-16-29-24(26-21)25-20-9-5-2-6-10-20/h11-12,15-17,20H,1-10,13-14H2,(H,25,26). The highest BCUT2D eigenvalue weighted by molar-refractivity contribution is 7.14. The van der Waals surface area contributed by atoms with Crippen molar-refractivity contribution in [2.45, 2.75) is 76.7 Å². The van der Waals surface area contributed by atoms with Gasteiger partial charge in [-0.05, 0) is 49.8 Å². The average Bonchev–Trinajstić information content (AvgIpc) is 3.41. The van der Waals surface area contributed by atoms with Crippen molar-refractivity contribution in [3.05, 3.63) is 29.1 Å². The van der Waals surface area contributed by atoms with E-state index in [1.807, 2.05) is 4.90 Å². The summed E-state index contributed by atoms with van der Waals surface area (Å²) in [6.07, 6.45) is 13.3. The second-order valence-electron chi connectivity index (χ2n) is 8.94. The summed E-state index contributed by atoms with van der Waals surface area (Å²) in [6.45, 7) is 0.833. The first kappa shape index (κ1) is 19.1. The van der Waals surface area contributed by atoms with Crippen molar-refractivity contribution in [3.8, 4) is 11.3 Å². The predicted molar refractivity (Wildman–Crippen MR) is 121 cm³/mol. The van der Waals surface area contributed by atoms with Gasteiger partial charge < -0.3 is 10.2 Å². The Kier molecular flexibility index (Phi) is 5.58. The van der Waals surface area contributed by atoms with E-state index in [1.165, 1.54) is 62.5 Å². The molecule has 5 rings (SSSR count). The van der Waals surface area contributed by atoms with Crippen LogP contribution in [0.3, 0.4) is 0 Å². The van der Waals surface area contributed by atoms with Gasteiger partial charge in [0.1, 0.15) is 0 Å². The number of carbonyl (C=O) groups is 1. The second-order valence-corrected chi connectivity index (χ2v) is 9.79. The fraction of sp³-hybridized carbons (Fsp3) is 0.583. The molecule has 0 bridgehead atoms. The first-order chi connectivity index (χ1) is 14.3. The molecule has 1 N–H and O–H groups in total. The minimum absolute atomic E-state index is 0.237. The van der Waals surface area contributed by atoms with E-state index in [1.54, 1.807) is 11.3 Å². The Balaban J connectivity index is 1.29. The van der Waals surface area contributed by atoms with Crippen LogP contribution in [0, 0.1) is 5.92 Å². The van der Waals surface area contributed by atoms with E-state index in [-0.39, 0.29) is 5.92 Å². The van der Waals surface area contributed by atoms with E-state index in [9.17, 15) is 4.79 Å². The van der Waals surface area contributed by atoms with Crippen LogP contribution in [0.5, 0.6) is 0 Å². The Labute approximate surface area is 177 Å². The number of anilines is 2. The van der Waals surface area contributed by atoms with Gasteiger partial charge in [-0.1, -0.05) is 44.6 Å². The molecule has 29 heavy (non-hydrogen) atoms. The molecule has 0 atom stereocenters. The highest BCUT2D eigenvalue weighted by Crippen LogP contribution is 2.36. The number of thiazole rings is 1. The van der Waals surface area contributed by atoms with Gasteiger partial charge in [0.15, 0.2) is 5.13 Å². The zero-order valence-corrected chi connectivity index (χ0v) is 18.0. The van der Waals surface area contributed by atoms with Crippen molar-refractivity contribution in [3.63, 3.8) is 0 Å². The van der Waals surface area contributed by atoms with E-state index in [0.29, 0.717) is 11.9 Å². The van der Waals surface area contributed by atoms with Gasteiger partial charge in [0.2, 0.25) is 5.91 Å². The molecule has 5 heteroatoms. The summed E-state index contributed by atoms with van der Waals surface area (Å²) < 4.78 is 0. The monoisotopic (exact) mass is 409 g/mol. The number of rotatable bonds is 4. The van der Waals surface area contributed by atoms with Crippen LogP contribution < -0.4 is 10.2 Å². The number of nitrogens with one attached hydrogen (secondary N) is 1. The Morgan fingerprint density at radius 1 is 1.03 bits per heavy atom. The number of nitrogens with zero attached hydrogens (tertiary/aromatic N) is 2. The molecule has 2 aromatic rings. The van der Waals surface area contributed by atoms with Crippen LogP contribution in [0.2, 0.25) is 0 Å². The number of hydrogen-bond donors (Lipinski definition) is 1. The van der Waals surface area contributed by atoms with Crippen LogP contribution in [0.15, 0.2) is 23.6 Å². The molecule has 2 heterocycles. The summed E-state index contributed by atoms with van der Waals surface area (Å²) in [5.41, 5.74) is 4.64. The summed E-state index contributed by atoms with van der Waals surface area (Å²) in [4.78, 5) is 19.9. The lowest BCUT2D eigenvalue weighted by Crippen LogP contribution is -2.35. The van der Waals surface area contributed by atoms with Gasteiger partial charge in [0.25, 0.3) is 0 Å². The zero-order valence-electron chi connectivity index (χ0n) is 17.2. The van der Waals surface area contributed by atoms with Gasteiger partial charge >= 0.3 is 0 Å². The van der Waals surface area contributed by atoms with Gasteiger partial charge in [-0.2, -0.15) is 0 Å². The molecular weight excluding hydrogens is 378 g/mol. The van der Waals surface area contributed by atoms with Crippen LogP contribution in [0.4, 0.5) is 10.8 Å². The molecular formula is C24H31N3OS. The van der Waals surface area contributed by atoms with E-state index in [0.717, 1.165) is 42.3 Å². The zero-order chi connectivity index (χ0) is 19.6. The summed E-state index contributed by atoms with van der Waals surface area (Å²) >= 11 is 1.71. The van der Waals surface area contributed by atoms with Crippen LogP contribution in [-0.4, -0.2) is 23.5 Å². The summed E-state index contributed by atoms with van der Waals surface area (Å²) in [6, 6.07) is 7.13. The van der Waals surface area contributed by atoms with E-state index in [4.69, 9.17) is 4.98 Å². The average molecular weight is 410 g/mol. The number of carbonyl (C=O) groups excluding carboxylic acids is 1. The molecule has 3 aliphatic rings. The first-order valence-electron chi connectivity index (χ1n) is 11.4. The van der Waals surface area contributed by atoms with Crippen LogP contribution in [0.1, 0.15) is 69.8 Å². The Bertz CT molecular complexity index is 865. The molecule has 1 aromatic carbocycles. The molecule has 0 unspecified atom stereocenters. The smallest absolute Gasteiger partial charge is 0.230 e. The van der Waals surface area contributed by atoms with Gasteiger partial charge in [-0.25, -0.2) is 4.98 Å². The molecule has 2 saturated carbocycles. The minimum Gasteiger partial charge on any atom is -0.359 e. The van der Waals surface area contributed by atoms with Crippen molar-refractivity contribution < 1.29 is 4.79 Å². The summed E-state index contributed by atoms with van der Waals surface area (Å²) in [7, 11) is 0. The maximum Gasteiger partial charge on any atom is 0.230 e. The fourth-order valence-electron chi connectivity index (χ4n) is 5.25. The first-order valence-corrected chi connectivity index (χ1v) is 12.3. The van der Waals surface area contributed by atoms with E-state index < -0.39 is 0 Å². The number of aromatic nitrogens is 1. The van der Waals surface area contributed by atoms with Crippen LogP contribution in [0.25, 0.3) is 11.3 Å². The van der Waals surface area contributed by atoms with Crippen molar-refractivity contribution in [2.24, 2.45) is 5.92 Å². The molecule has 0 spiro atoms. The van der Waals surface area contributed by atoms with Crippen molar-refractivity contribution in [1.82, 2.24) is 4.98 Å². The largest absolute Gasteiger partial charge is 0.359 e. The molecule has 1 aromatic heterocycles. The van der Waals surface area contributed by atoms with Crippen molar-refractivity contribution >= 4 is 28.1 Å². The molecule has 0 saturated heterocycles. The highest BCUT2D eigenvalue weighted by Gasteiger charge is 2.31. The Morgan fingerprint density at radius 3 is 2.59 bits per heavy atom. The second kappa shape index (κ2) is 8.47. The summed E-state index contributed by atoms with van der Waals surface area (Å²) in [5, 5.41) is 6.84. The number of amides is 1. The molecule has 1 amide bonds. The van der Waals surface area contributed by atoms with Crippen LogP contribution >= 0.6 is 11.3 Å². The Hall–Kier alpha value is -1.88. The molecule has 154 valence electrons. The van der Waals surface area contributed by atoms with E-state index in [2.05, 4.69) is 28.9 Å².